The van der Waals surface area contributed by atoms with Gasteiger partial charge in [0.15, 0.2) is 6.10 Å². The third-order valence-corrected chi connectivity index (χ3v) is 9.07. The maximum atomic E-state index is 12.6. The number of ether oxygens (including phenoxy) is 2. The van der Waals surface area contributed by atoms with Gasteiger partial charge in [-0.15, -0.1) is 0 Å². The number of quaternary nitrogens is 1. The quantitative estimate of drug-likeness (QED) is 0.0216. The number of phosphoric acid groups is 1. The number of phosphoric ester groups is 1. The summed E-state index contributed by atoms with van der Waals surface area (Å²) in [4.78, 5) is 37.4. The molecule has 3 atom stereocenters. The van der Waals surface area contributed by atoms with E-state index in [2.05, 4.69) is 98.1 Å². The minimum Gasteiger partial charge on any atom is -0.756 e. The molecular formula is C46H76NO9P. The number of carbonyl (C=O) groups excluding carboxylic acids is 2. The summed E-state index contributed by atoms with van der Waals surface area (Å²) >= 11 is 0. The van der Waals surface area contributed by atoms with Crippen LogP contribution in [0.2, 0.25) is 0 Å². The van der Waals surface area contributed by atoms with Gasteiger partial charge in [-0.3, -0.25) is 14.2 Å². The highest BCUT2D eigenvalue weighted by atomic mass is 31.2. The van der Waals surface area contributed by atoms with Gasteiger partial charge in [0.1, 0.15) is 19.8 Å². The van der Waals surface area contributed by atoms with Gasteiger partial charge in [-0.2, -0.15) is 0 Å². The molecular weight excluding hydrogens is 741 g/mol. The first kappa shape index (κ1) is 53.9. The van der Waals surface area contributed by atoms with Crippen molar-refractivity contribution in [3.05, 3.63) is 97.2 Å². The average Bonchev–Trinajstić information content (AvgIpc) is 3.14. The molecule has 1 N–H and O–H groups in total. The lowest BCUT2D eigenvalue weighted by molar-refractivity contribution is -0.870. The van der Waals surface area contributed by atoms with E-state index in [1.807, 2.05) is 34.1 Å². The Morgan fingerprint density at radius 3 is 1.58 bits per heavy atom. The lowest BCUT2D eigenvalue weighted by atomic mass is 10.1. The fourth-order valence-corrected chi connectivity index (χ4v) is 5.56. The Morgan fingerprint density at radius 2 is 1.09 bits per heavy atom. The third-order valence-electron chi connectivity index (χ3n) is 8.11. The fraction of sp³-hybridized carbons (Fsp3) is 0.609. The topological polar surface area (TPSA) is 131 Å². The van der Waals surface area contributed by atoms with Crippen LogP contribution in [-0.2, 0) is 32.7 Å². The van der Waals surface area contributed by atoms with Crippen molar-refractivity contribution in [1.29, 1.82) is 0 Å². The number of nitrogens with zero attached hydrogens (tertiary/aromatic N) is 1. The number of hydrogen-bond donors (Lipinski definition) is 1. The van der Waals surface area contributed by atoms with Gasteiger partial charge in [0.05, 0.1) is 33.9 Å². The molecule has 324 valence electrons. The minimum absolute atomic E-state index is 0.0587. The summed E-state index contributed by atoms with van der Waals surface area (Å²) in [7, 11) is 1.07. The Hall–Kier alpha value is -3.11. The number of esters is 2. The predicted molar refractivity (Wildman–Crippen MR) is 232 cm³/mol. The second kappa shape index (κ2) is 37.2. The van der Waals surface area contributed by atoms with Gasteiger partial charge in [-0.25, -0.2) is 0 Å². The number of allylic oxidation sites excluding steroid dienone is 16. The Labute approximate surface area is 346 Å². The molecule has 0 bridgehead atoms. The van der Waals surface area contributed by atoms with Crippen LogP contribution in [0.1, 0.15) is 123 Å². The van der Waals surface area contributed by atoms with E-state index in [0.717, 1.165) is 77.0 Å². The van der Waals surface area contributed by atoms with Crippen molar-refractivity contribution in [3.63, 3.8) is 0 Å². The van der Waals surface area contributed by atoms with Gasteiger partial charge in [-0.1, -0.05) is 104 Å². The highest BCUT2D eigenvalue weighted by Crippen LogP contribution is 2.38. The summed E-state index contributed by atoms with van der Waals surface area (Å²) < 4.78 is 33.7. The second-order valence-electron chi connectivity index (χ2n) is 14.9. The molecule has 0 aliphatic heterocycles. The van der Waals surface area contributed by atoms with E-state index in [1.54, 1.807) is 0 Å². The molecule has 0 aromatic heterocycles. The summed E-state index contributed by atoms with van der Waals surface area (Å²) in [5.41, 5.74) is 0. The molecule has 0 radical (unpaired) electrons. The molecule has 0 heterocycles. The van der Waals surface area contributed by atoms with E-state index in [1.165, 1.54) is 0 Å². The smallest absolute Gasteiger partial charge is 0.306 e. The second-order valence-corrected chi connectivity index (χ2v) is 16.3. The number of carbonyl (C=O) groups is 2. The van der Waals surface area contributed by atoms with Gasteiger partial charge < -0.3 is 33.0 Å². The molecule has 0 aromatic carbocycles. The zero-order chi connectivity index (χ0) is 42.3. The van der Waals surface area contributed by atoms with Gasteiger partial charge in [-0.05, 0) is 103 Å². The number of aliphatic hydroxyl groups is 1. The van der Waals surface area contributed by atoms with Crippen molar-refractivity contribution in [1.82, 2.24) is 0 Å². The highest BCUT2D eigenvalue weighted by Gasteiger charge is 2.21. The first-order valence-electron chi connectivity index (χ1n) is 21.0. The van der Waals surface area contributed by atoms with E-state index in [4.69, 9.17) is 18.5 Å². The largest absolute Gasteiger partial charge is 0.756 e. The SMILES string of the molecule is CC/C=C\C/C=C\C/C=C\C/C=C\CCCCC(=O)O[C@H](COC(=O)CCC/C=C\C/C=C\C/C=C\C/C=C\CCC[C@@H](C)O)COP(=O)([O-])OCC[N+](C)(C)C. The van der Waals surface area contributed by atoms with Crippen LogP contribution in [0.25, 0.3) is 0 Å². The summed E-state index contributed by atoms with van der Waals surface area (Å²) in [6.45, 7) is 3.50. The summed E-state index contributed by atoms with van der Waals surface area (Å²) in [6.07, 6.45) is 45.8. The van der Waals surface area contributed by atoms with Crippen LogP contribution in [0, 0.1) is 0 Å². The van der Waals surface area contributed by atoms with Crippen molar-refractivity contribution in [2.24, 2.45) is 0 Å². The van der Waals surface area contributed by atoms with Crippen molar-refractivity contribution < 1.29 is 47.2 Å². The molecule has 1 unspecified atom stereocenters. The molecule has 0 saturated carbocycles. The first-order chi connectivity index (χ1) is 27.3. The number of aliphatic hydroxyl groups excluding tert-OH is 1. The highest BCUT2D eigenvalue weighted by molar-refractivity contribution is 7.45. The molecule has 0 fully saturated rings. The molecule has 0 rings (SSSR count). The number of unbranched alkanes of at least 4 members (excludes halogenated alkanes) is 4. The molecule has 0 spiro atoms. The Bertz CT molecular complexity index is 1300. The molecule has 10 nitrogen and oxygen atoms in total. The maximum absolute atomic E-state index is 12.6. The number of likely N-dealkylation sites (N-methyl/N-ethyl adjacent to an activating group) is 1. The van der Waals surface area contributed by atoms with Crippen LogP contribution >= 0.6 is 7.82 Å². The van der Waals surface area contributed by atoms with Gasteiger partial charge >= 0.3 is 11.9 Å². The van der Waals surface area contributed by atoms with Crippen molar-refractivity contribution in [2.45, 2.75) is 135 Å². The molecule has 57 heavy (non-hydrogen) atoms. The van der Waals surface area contributed by atoms with Crippen LogP contribution < -0.4 is 4.89 Å². The van der Waals surface area contributed by atoms with Crippen LogP contribution in [0.5, 0.6) is 0 Å². The fourth-order valence-electron chi connectivity index (χ4n) is 4.83. The first-order valence-corrected chi connectivity index (χ1v) is 22.4. The van der Waals surface area contributed by atoms with Crippen LogP contribution in [0.4, 0.5) is 0 Å². The number of hydrogen-bond acceptors (Lipinski definition) is 9. The molecule has 0 aliphatic rings. The Balaban J connectivity index is 4.57. The molecule has 11 heteroatoms. The van der Waals surface area contributed by atoms with Crippen LogP contribution in [-0.4, -0.2) is 81.2 Å². The maximum Gasteiger partial charge on any atom is 0.306 e. The van der Waals surface area contributed by atoms with Crippen LogP contribution in [0.15, 0.2) is 97.2 Å². The van der Waals surface area contributed by atoms with E-state index < -0.39 is 32.5 Å². The minimum atomic E-state index is -4.66. The van der Waals surface area contributed by atoms with E-state index >= 15 is 0 Å². The van der Waals surface area contributed by atoms with Crippen molar-refractivity contribution in [3.8, 4) is 0 Å². The third kappa shape index (κ3) is 42.3. The summed E-state index contributed by atoms with van der Waals surface area (Å²) in [5.74, 6) is -0.979. The number of rotatable bonds is 36. The zero-order valence-corrected chi connectivity index (χ0v) is 36.7. The standard InChI is InChI=1S/C46H76NO9P/c1-6-7-8-9-10-11-12-13-15-20-23-26-29-32-35-38-46(50)56-44(42-55-57(51,52)54-40-39-47(3,4)5)41-53-45(49)37-34-31-28-25-22-19-17-14-16-18-21-24-27-30-33-36-43(2)48/h7-8,10-11,13,15-19,23-28,43-44,48H,6,9,12,14,20-22,29-42H2,1-5H3/b8-7-,11-10-,15-13-,18-16-,19-17-,26-23-,27-24-,28-25-/t43-,44-/m1/s1. The lowest BCUT2D eigenvalue weighted by Crippen LogP contribution is -2.37. The van der Waals surface area contributed by atoms with Gasteiger partial charge in [0.2, 0.25) is 0 Å². The average molecular weight is 818 g/mol. The van der Waals surface area contributed by atoms with E-state index in [-0.39, 0.29) is 32.2 Å². The molecule has 0 saturated heterocycles. The summed E-state index contributed by atoms with van der Waals surface area (Å²) in [6, 6.07) is 0. The molecule has 0 amide bonds. The van der Waals surface area contributed by atoms with Gasteiger partial charge in [0.25, 0.3) is 7.82 Å². The molecule has 0 aliphatic carbocycles. The Kier molecular flexibility index (Phi) is 35.2. The normalized spacial score (nSPS) is 15.1. The van der Waals surface area contributed by atoms with E-state index in [0.29, 0.717) is 30.3 Å². The summed E-state index contributed by atoms with van der Waals surface area (Å²) in [5, 5.41) is 9.27. The van der Waals surface area contributed by atoms with Gasteiger partial charge in [0, 0.05) is 12.8 Å². The van der Waals surface area contributed by atoms with Crippen molar-refractivity contribution >= 4 is 19.8 Å². The Morgan fingerprint density at radius 1 is 0.632 bits per heavy atom. The van der Waals surface area contributed by atoms with Crippen LogP contribution in [0.3, 0.4) is 0 Å². The molecule has 0 aromatic rings. The lowest BCUT2D eigenvalue weighted by Gasteiger charge is -2.28. The van der Waals surface area contributed by atoms with Crippen molar-refractivity contribution in [2.75, 3.05) is 47.5 Å². The zero-order valence-electron chi connectivity index (χ0n) is 35.8. The predicted octanol–water partition coefficient (Wildman–Crippen LogP) is 10.1. The monoisotopic (exact) mass is 818 g/mol. The van der Waals surface area contributed by atoms with E-state index in [9.17, 15) is 24.2 Å².